The molecule has 1 atom stereocenters. The summed E-state index contributed by atoms with van der Waals surface area (Å²) in [5.74, 6) is -0.177. The molecule has 0 fully saturated rings. The highest BCUT2D eigenvalue weighted by Gasteiger charge is 2.16. The highest BCUT2D eigenvalue weighted by atomic mass is 35.5. The van der Waals surface area contributed by atoms with E-state index in [9.17, 15) is 4.79 Å². The standard InChI is InChI=1S/C14H16ClN3O/c1-18-10-8-12(17-18)7-9-16-14(19)13(15)11-5-3-2-4-6-11/h2-6,8,10,13H,7,9H2,1H3,(H,16,19). The van der Waals surface area contributed by atoms with Crippen molar-refractivity contribution in [3.8, 4) is 0 Å². The van der Waals surface area contributed by atoms with Crippen molar-refractivity contribution in [2.45, 2.75) is 11.8 Å². The highest BCUT2D eigenvalue weighted by Crippen LogP contribution is 2.19. The molecule has 100 valence electrons. The van der Waals surface area contributed by atoms with Crippen molar-refractivity contribution in [1.29, 1.82) is 0 Å². The number of hydrogen-bond donors (Lipinski definition) is 1. The molecule has 1 aromatic carbocycles. The van der Waals surface area contributed by atoms with Gasteiger partial charge in [0.2, 0.25) is 5.91 Å². The van der Waals surface area contributed by atoms with E-state index in [1.807, 2.05) is 49.6 Å². The molecule has 1 amide bonds. The topological polar surface area (TPSA) is 46.9 Å². The van der Waals surface area contributed by atoms with Crippen LogP contribution in [0.1, 0.15) is 16.6 Å². The first-order chi connectivity index (χ1) is 9.16. The van der Waals surface area contributed by atoms with Crippen LogP contribution in [0.5, 0.6) is 0 Å². The minimum Gasteiger partial charge on any atom is -0.354 e. The summed E-state index contributed by atoms with van der Waals surface area (Å²) < 4.78 is 1.74. The van der Waals surface area contributed by atoms with Crippen LogP contribution in [0.25, 0.3) is 0 Å². The molecule has 0 saturated heterocycles. The number of rotatable bonds is 5. The molecule has 1 N–H and O–H groups in total. The van der Waals surface area contributed by atoms with Crippen molar-refractivity contribution in [1.82, 2.24) is 15.1 Å². The Labute approximate surface area is 117 Å². The number of halogens is 1. The summed E-state index contributed by atoms with van der Waals surface area (Å²) in [5.41, 5.74) is 1.76. The number of aromatic nitrogens is 2. The monoisotopic (exact) mass is 277 g/mol. The van der Waals surface area contributed by atoms with E-state index in [-0.39, 0.29) is 5.91 Å². The molecule has 1 heterocycles. The lowest BCUT2D eigenvalue weighted by molar-refractivity contribution is -0.120. The van der Waals surface area contributed by atoms with Crippen molar-refractivity contribution >= 4 is 17.5 Å². The van der Waals surface area contributed by atoms with Crippen LogP contribution in [0, 0.1) is 0 Å². The lowest BCUT2D eigenvalue weighted by atomic mass is 10.1. The van der Waals surface area contributed by atoms with Crippen molar-refractivity contribution in [2.24, 2.45) is 7.05 Å². The molecule has 0 aliphatic rings. The SMILES string of the molecule is Cn1ccc(CCNC(=O)C(Cl)c2ccccc2)n1. The maximum atomic E-state index is 11.9. The molecule has 1 unspecified atom stereocenters. The van der Waals surface area contributed by atoms with Crippen LogP contribution in [0.3, 0.4) is 0 Å². The van der Waals surface area contributed by atoms with E-state index in [1.54, 1.807) is 4.68 Å². The maximum Gasteiger partial charge on any atom is 0.242 e. The Morgan fingerprint density at radius 3 is 2.74 bits per heavy atom. The van der Waals surface area contributed by atoms with Gasteiger partial charge in [0, 0.05) is 26.2 Å². The van der Waals surface area contributed by atoms with Gasteiger partial charge in [-0.05, 0) is 11.6 Å². The van der Waals surface area contributed by atoms with Gasteiger partial charge in [0.1, 0.15) is 5.38 Å². The molecule has 0 radical (unpaired) electrons. The molecular formula is C14H16ClN3O. The first kappa shape index (κ1) is 13.6. The van der Waals surface area contributed by atoms with Gasteiger partial charge in [0.05, 0.1) is 5.69 Å². The summed E-state index contributed by atoms with van der Waals surface area (Å²) in [5, 5.41) is 6.41. The highest BCUT2D eigenvalue weighted by molar-refractivity contribution is 6.30. The Morgan fingerprint density at radius 1 is 1.37 bits per heavy atom. The summed E-state index contributed by atoms with van der Waals surface area (Å²) in [4.78, 5) is 11.9. The van der Waals surface area contributed by atoms with Gasteiger partial charge in [-0.3, -0.25) is 9.48 Å². The molecule has 4 nitrogen and oxygen atoms in total. The summed E-state index contributed by atoms with van der Waals surface area (Å²) >= 11 is 6.11. The van der Waals surface area contributed by atoms with Gasteiger partial charge in [0.15, 0.2) is 0 Å². The normalized spacial score (nSPS) is 12.1. The number of aryl methyl sites for hydroxylation is 1. The van der Waals surface area contributed by atoms with E-state index in [0.29, 0.717) is 13.0 Å². The number of alkyl halides is 1. The Kier molecular flexibility index (Phi) is 4.58. The second kappa shape index (κ2) is 6.38. The number of benzene rings is 1. The molecule has 1 aromatic heterocycles. The van der Waals surface area contributed by atoms with E-state index in [4.69, 9.17) is 11.6 Å². The van der Waals surface area contributed by atoms with Crippen LogP contribution in [0.2, 0.25) is 0 Å². The maximum absolute atomic E-state index is 11.9. The van der Waals surface area contributed by atoms with Gasteiger partial charge < -0.3 is 5.32 Å². The summed E-state index contributed by atoms with van der Waals surface area (Å²) in [6, 6.07) is 11.2. The molecule has 2 aromatic rings. The zero-order valence-corrected chi connectivity index (χ0v) is 11.5. The number of carbonyl (C=O) groups excluding carboxylic acids is 1. The average Bonchev–Trinajstić information content (AvgIpc) is 2.84. The lowest BCUT2D eigenvalue weighted by Gasteiger charge is -2.10. The number of carbonyl (C=O) groups is 1. The molecule has 19 heavy (non-hydrogen) atoms. The first-order valence-corrected chi connectivity index (χ1v) is 6.55. The third kappa shape index (κ3) is 3.83. The molecule has 0 aliphatic heterocycles. The predicted octanol–water partition coefficient (Wildman–Crippen LogP) is 2.06. The van der Waals surface area contributed by atoms with Crippen LogP contribution in [0.4, 0.5) is 0 Å². The molecule has 0 bridgehead atoms. The Hall–Kier alpha value is -1.81. The van der Waals surface area contributed by atoms with E-state index < -0.39 is 5.38 Å². The van der Waals surface area contributed by atoms with Crippen LogP contribution in [-0.2, 0) is 18.3 Å². The van der Waals surface area contributed by atoms with Gasteiger partial charge in [-0.15, -0.1) is 11.6 Å². The zero-order valence-electron chi connectivity index (χ0n) is 10.7. The van der Waals surface area contributed by atoms with Crippen molar-refractivity contribution in [3.05, 3.63) is 53.9 Å². The van der Waals surface area contributed by atoms with Crippen molar-refractivity contribution < 1.29 is 4.79 Å². The predicted molar refractivity (Wildman–Crippen MR) is 75.0 cm³/mol. The summed E-state index contributed by atoms with van der Waals surface area (Å²) in [6.45, 7) is 0.534. The fourth-order valence-corrected chi connectivity index (χ4v) is 2.00. The van der Waals surface area contributed by atoms with E-state index in [2.05, 4.69) is 10.4 Å². The fourth-order valence-electron chi connectivity index (χ4n) is 1.77. The second-order valence-corrected chi connectivity index (χ2v) is 4.73. The molecule has 0 aliphatic carbocycles. The minimum atomic E-state index is -0.648. The summed E-state index contributed by atoms with van der Waals surface area (Å²) in [6.07, 6.45) is 2.58. The van der Waals surface area contributed by atoms with Crippen LogP contribution >= 0.6 is 11.6 Å². The molecule has 2 rings (SSSR count). The van der Waals surface area contributed by atoms with E-state index in [1.165, 1.54) is 0 Å². The average molecular weight is 278 g/mol. The van der Waals surface area contributed by atoms with Gasteiger partial charge in [0.25, 0.3) is 0 Å². The molecule has 0 saturated carbocycles. The van der Waals surface area contributed by atoms with Crippen LogP contribution in [-0.4, -0.2) is 22.2 Å². The minimum absolute atomic E-state index is 0.177. The Bertz CT molecular complexity index is 539. The fraction of sp³-hybridized carbons (Fsp3) is 0.286. The van der Waals surface area contributed by atoms with Crippen molar-refractivity contribution in [3.63, 3.8) is 0 Å². The van der Waals surface area contributed by atoms with E-state index in [0.717, 1.165) is 11.3 Å². The smallest absolute Gasteiger partial charge is 0.242 e. The molecule has 5 heteroatoms. The zero-order chi connectivity index (χ0) is 13.7. The van der Waals surface area contributed by atoms with Crippen LogP contribution in [0.15, 0.2) is 42.6 Å². The van der Waals surface area contributed by atoms with E-state index >= 15 is 0 Å². The van der Waals surface area contributed by atoms with Crippen molar-refractivity contribution in [2.75, 3.05) is 6.54 Å². The number of nitrogens with zero attached hydrogens (tertiary/aromatic N) is 2. The van der Waals surface area contributed by atoms with Gasteiger partial charge >= 0.3 is 0 Å². The Morgan fingerprint density at radius 2 is 2.11 bits per heavy atom. The third-order valence-corrected chi connectivity index (χ3v) is 3.22. The number of nitrogens with one attached hydrogen (secondary N) is 1. The molecular weight excluding hydrogens is 262 g/mol. The number of hydrogen-bond acceptors (Lipinski definition) is 2. The first-order valence-electron chi connectivity index (χ1n) is 6.12. The van der Waals surface area contributed by atoms with Crippen LogP contribution < -0.4 is 5.32 Å². The third-order valence-electron chi connectivity index (χ3n) is 2.77. The Balaban J connectivity index is 1.81. The largest absolute Gasteiger partial charge is 0.354 e. The van der Waals surface area contributed by atoms with Gasteiger partial charge in [-0.25, -0.2) is 0 Å². The van der Waals surface area contributed by atoms with Gasteiger partial charge in [-0.2, -0.15) is 5.10 Å². The molecule has 0 spiro atoms. The number of amides is 1. The summed E-state index contributed by atoms with van der Waals surface area (Å²) in [7, 11) is 1.87. The second-order valence-electron chi connectivity index (χ2n) is 4.30. The quantitative estimate of drug-likeness (QED) is 0.851. The lowest BCUT2D eigenvalue weighted by Crippen LogP contribution is -2.29. The van der Waals surface area contributed by atoms with Gasteiger partial charge in [-0.1, -0.05) is 30.3 Å².